The van der Waals surface area contributed by atoms with Crippen LogP contribution in [0.25, 0.3) is 10.8 Å². The third kappa shape index (κ3) is 2.35. The van der Waals surface area contributed by atoms with Gasteiger partial charge in [0, 0.05) is 11.5 Å². The number of hydrogen-bond acceptors (Lipinski definition) is 1. The number of nitrogens with one attached hydrogen (secondary N) is 1. The minimum atomic E-state index is -2.73. The van der Waals surface area contributed by atoms with Crippen LogP contribution in [0.2, 0.25) is 0 Å². The molecule has 1 aliphatic heterocycles. The van der Waals surface area contributed by atoms with Gasteiger partial charge in [0.15, 0.2) is 0 Å². The molecule has 1 heterocycles. The van der Waals surface area contributed by atoms with Crippen molar-refractivity contribution in [3.63, 3.8) is 0 Å². The SMILES string of the molecule is FC(F)(c1ccc2ccccc2c1)C1CCNCC1. The second kappa shape index (κ2) is 4.89. The highest BCUT2D eigenvalue weighted by Gasteiger charge is 2.41. The maximum absolute atomic E-state index is 14.5. The maximum atomic E-state index is 14.5. The minimum absolute atomic E-state index is 0.151. The van der Waals surface area contributed by atoms with Gasteiger partial charge in [-0.25, -0.2) is 8.78 Å². The number of piperidine rings is 1. The Labute approximate surface area is 111 Å². The van der Waals surface area contributed by atoms with Crippen LogP contribution in [0.4, 0.5) is 8.78 Å². The average molecular weight is 261 g/mol. The van der Waals surface area contributed by atoms with Gasteiger partial charge in [0.25, 0.3) is 5.92 Å². The summed E-state index contributed by atoms with van der Waals surface area (Å²) in [6.45, 7) is 1.38. The quantitative estimate of drug-likeness (QED) is 0.863. The van der Waals surface area contributed by atoms with E-state index in [0.29, 0.717) is 25.9 Å². The van der Waals surface area contributed by atoms with Gasteiger partial charge in [-0.15, -0.1) is 0 Å². The molecule has 0 radical (unpaired) electrons. The molecule has 0 atom stereocenters. The van der Waals surface area contributed by atoms with Gasteiger partial charge in [-0.2, -0.15) is 0 Å². The molecule has 0 spiro atoms. The van der Waals surface area contributed by atoms with E-state index in [1.807, 2.05) is 24.3 Å². The molecular formula is C16H17F2N. The van der Waals surface area contributed by atoms with Crippen molar-refractivity contribution >= 4 is 10.8 Å². The Kier molecular flexibility index (Phi) is 3.23. The normalized spacial score (nSPS) is 17.8. The predicted octanol–water partition coefficient (Wildman–Crippen LogP) is 3.93. The molecule has 2 aromatic rings. The molecule has 19 heavy (non-hydrogen) atoms. The fourth-order valence-corrected chi connectivity index (χ4v) is 2.82. The standard InChI is InChI=1S/C16H17F2N/c17-16(18,14-7-9-19-10-8-14)15-6-5-12-3-1-2-4-13(12)11-15/h1-6,11,14,19H,7-10H2. The summed E-state index contributed by atoms with van der Waals surface area (Å²) in [6, 6.07) is 12.6. The molecule has 3 rings (SSSR count). The summed E-state index contributed by atoms with van der Waals surface area (Å²) in [4.78, 5) is 0. The van der Waals surface area contributed by atoms with Crippen LogP contribution in [-0.4, -0.2) is 13.1 Å². The third-order valence-corrected chi connectivity index (χ3v) is 3.99. The lowest BCUT2D eigenvalue weighted by molar-refractivity contribution is -0.0752. The fourth-order valence-electron chi connectivity index (χ4n) is 2.82. The molecule has 1 aliphatic rings. The largest absolute Gasteiger partial charge is 0.317 e. The molecule has 0 saturated carbocycles. The Morgan fingerprint density at radius 2 is 1.63 bits per heavy atom. The van der Waals surface area contributed by atoms with E-state index >= 15 is 0 Å². The molecular weight excluding hydrogens is 244 g/mol. The van der Waals surface area contributed by atoms with Crippen LogP contribution < -0.4 is 5.32 Å². The Hall–Kier alpha value is -1.48. The van der Waals surface area contributed by atoms with E-state index in [-0.39, 0.29) is 5.56 Å². The molecule has 0 bridgehead atoms. The van der Waals surface area contributed by atoms with Crippen molar-refractivity contribution in [2.24, 2.45) is 5.92 Å². The summed E-state index contributed by atoms with van der Waals surface area (Å²) >= 11 is 0. The summed E-state index contributed by atoms with van der Waals surface area (Å²) in [6.07, 6.45) is 1.08. The molecule has 100 valence electrons. The van der Waals surface area contributed by atoms with Gasteiger partial charge in [-0.1, -0.05) is 36.4 Å². The number of alkyl halides is 2. The second-order valence-corrected chi connectivity index (χ2v) is 5.21. The molecule has 1 N–H and O–H groups in total. The molecule has 0 unspecified atom stereocenters. The van der Waals surface area contributed by atoms with Gasteiger partial charge in [-0.3, -0.25) is 0 Å². The zero-order valence-electron chi connectivity index (χ0n) is 10.7. The first-order valence-corrected chi connectivity index (χ1v) is 6.76. The molecule has 0 aromatic heterocycles. The third-order valence-electron chi connectivity index (χ3n) is 3.99. The van der Waals surface area contributed by atoms with Gasteiger partial charge >= 0.3 is 0 Å². The molecule has 2 aromatic carbocycles. The first-order valence-electron chi connectivity index (χ1n) is 6.76. The highest BCUT2D eigenvalue weighted by molar-refractivity contribution is 5.83. The van der Waals surface area contributed by atoms with Crippen molar-refractivity contribution in [2.45, 2.75) is 18.8 Å². The molecule has 0 amide bonds. The van der Waals surface area contributed by atoms with Crippen LogP contribution in [0.1, 0.15) is 18.4 Å². The van der Waals surface area contributed by atoms with E-state index in [9.17, 15) is 8.78 Å². The van der Waals surface area contributed by atoms with E-state index < -0.39 is 11.8 Å². The zero-order chi connectivity index (χ0) is 13.3. The summed E-state index contributed by atoms with van der Waals surface area (Å²) in [5, 5.41) is 5.02. The van der Waals surface area contributed by atoms with Gasteiger partial charge in [0.2, 0.25) is 0 Å². The van der Waals surface area contributed by atoms with E-state index in [1.165, 1.54) is 0 Å². The topological polar surface area (TPSA) is 12.0 Å². The molecule has 0 aliphatic carbocycles. The summed E-state index contributed by atoms with van der Waals surface area (Å²) in [7, 11) is 0. The van der Waals surface area contributed by atoms with Gasteiger partial charge < -0.3 is 5.32 Å². The highest BCUT2D eigenvalue weighted by Crippen LogP contribution is 2.41. The monoisotopic (exact) mass is 261 g/mol. The van der Waals surface area contributed by atoms with Crippen molar-refractivity contribution in [2.75, 3.05) is 13.1 Å². The molecule has 1 fully saturated rings. The van der Waals surface area contributed by atoms with Crippen molar-refractivity contribution in [1.82, 2.24) is 5.32 Å². The van der Waals surface area contributed by atoms with E-state index in [0.717, 1.165) is 10.8 Å². The van der Waals surface area contributed by atoms with Crippen molar-refractivity contribution < 1.29 is 8.78 Å². The van der Waals surface area contributed by atoms with Crippen molar-refractivity contribution in [3.8, 4) is 0 Å². The fraction of sp³-hybridized carbons (Fsp3) is 0.375. The van der Waals surface area contributed by atoms with Crippen LogP contribution in [0.5, 0.6) is 0 Å². The number of benzene rings is 2. The lowest BCUT2D eigenvalue weighted by atomic mass is 9.86. The number of fused-ring (bicyclic) bond motifs is 1. The van der Waals surface area contributed by atoms with Crippen molar-refractivity contribution in [3.05, 3.63) is 48.0 Å². The Bertz CT molecular complexity index is 574. The predicted molar refractivity (Wildman–Crippen MR) is 73.4 cm³/mol. The van der Waals surface area contributed by atoms with Crippen LogP contribution in [0.3, 0.4) is 0 Å². The average Bonchev–Trinajstić information content (AvgIpc) is 2.47. The second-order valence-electron chi connectivity index (χ2n) is 5.21. The zero-order valence-corrected chi connectivity index (χ0v) is 10.7. The van der Waals surface area contributed by atoms with Crippen molar-refractivity contribution in [1.29, 1.82) is 0 Å². The van der Waals surface area contributed by atoms with Gasteiger partial charge in [0.1, 0.15) is 0 Å². The lowest BCUT2D eigenvalue weighted by Crippen LogP contribution is -2.36. The Morgan fingerprint density at radius 1 is 0.947 bits per heavy atom. The van der Waals surface area contributed by atoms with E-state index in [2.05, 4.69) is 5.32 Å². The first kappa shape index (κ1) is 12.5. The number of hydrogen-bond donors (Lipinski definition) is 1. The number of halogens is 2. The van der Waals surface area contributed by atoms with Crippen LogP contribution in [-0.2, 0) is 5.92 Å². The molecule has 3 heteroatoms. The van der Waals surface area contributed by atoms with E-state index in [1.54, 1.807) is 18.2 Å². The minimum Gasteiger partial charge on any atom is -0.317 e. The van der Waals surface area contributed by atoms with Gasteiger partial charge in [0.05, 0.1) is 0 Å². The summed E-state index contributed by atoms with van der Waals surface area (Å²) < 4.78 is 29.1. The summed E-state index contributed by atoms with van der Waals surface area (Å²) in [5.41, 5.74) is 0.151. The molecule has 1 nitrogen and oxygen atoms in total. The lowest BCUT2D eigenvalue weighted by Gasteiger charge is -2.30. The Morgan fingerprint density at radius 3 is 2.37 bits per heavy atom. The molecule has 1 saturated heterocycles. The maximum Gasteiger partial charge on any atom is 0.276 e. The van der Waals surface area contributed by atoms with E-state index in [4.69, 9.17) is 0 Å². The summed E-state index contributed by atoms with van der Waals surface area (Å²) in [5.74, 6) is -3.28. The van der Waals surface area contributed by atoms with Crippen LogP contribution in [0, 0.1) is 5.92 Å². The van der Waals surface area contributed by atoms with Crippen LogP contribution in [0.15, 0.2) is 42.5 Å². The first-order chi connectivity index (χ1) is 9.18. The number of rotatable bonds is 2. The van der Waals surface area contributed by atoms with Gasteiger partial charge in [-0.05, 0) is 42.8 Å². The van der Waals surface area contributed by atoms with Crippen LogP contribution >= 0.6 is 0 Å². The Balaban J connectivity index is 1.97. The smallest absolute Gasteiger partial charge is 0.276 e. The highest BCUT2D eigenvalue weighted by atomic mass is 19.3.